The van der Waals surface area contributed by atoms with Crippen LogP contribution in [0.1, 0.15) is 48.2 Å². The Kier molecular flexibility index (Phi) is 5.91. The summed E-state index contributed by atoms with van der Waals surface area (Å²) in [5.41, 5.74) is 0.961. The van der Waals surface area contributed by atoms with Crippen LogP contribution in [-0.4, -0.2) is 10.5 Å². The van der Waals surface area contributed by atoms with Crippen LogP contribution < -0.4 is 10.9 Å². The van der Waals surface area contributed by atoms with Crippen LogP contribution in [-0.2, 0) is 6.54 Å². The van der Waals surface area contributed by atoms with E-state index in [-0.39, 0.29) is 23.3 Å². The molecule has 1 amide bonds. The highest BCUT2D eigenvalue weighted by Gasteiger charge is 2.19. The number of nitrogens with zero attached hydrogens (tertiary/aromatic N) is 1. The molecule has 2 aromatic heterocycles. The van der Waals surface area contributed by atoms with Gasteiger partial charge in [-0.05, 0) is 36.1 Å². The Morgan fingerprint density at radius 2 is 1.78 bits per heavy atom. The molecule has 0 spiro atoms. The van der Waals surface area contributed by atoms with Gasteiger partial charge in [-0.3, -0.25) is 9.59 Å². The fourth-order valence-corrected chi connectivity index (χ4v) is 3.01. The number of aromatic nitrogens is 1. The van der Waals surface area contributed by atoms with Gasteiger partial charge in [-0.2, -0.15) is 0 Å². The van der Waals surface area contributed by atoms with Crippen LogP contribution in [0.25, 0.3) is 0 Å². The van der Waals surface area contributed by atoms with E-state index in [1.165, 1.54) is 10.6 Å². The Labute approximate surface area is 158 Å². The second-order valence-corrected chi connectivity index (χ2v) is 7.00. The van der Waals surface area contributed by atoms with Crippen molar-refractivity contribution in [1.82, 2.24) is 9.88 Å². The molecule has 1 N–H and O–H groups in total. The molecule has 0 aliphatic carbocycles. The molecule has 0 saturated heterocycles. The lowest BCUT2D eigenvalue weighted by molar-refractivity contribution is 0.0902. The van der Waals surface area contributed by atoms with E-state index >= 15 is 0 Å². The monoisotopic (exact) mass is 364 g/mol. The predicted molar refractivity (Wildman–Crippen MR) is 105 cm³/mol. The van der Waals surface area contributed by atoms with E-state index in [1.807, 2.05) is 30.3 Å². The zero-order valence-corrected chi connectivity index (χ0v) is 15.6. The molecule has 3 aromatic rings. The van der Waals surface area contributed by atoms with E-state index in [0.29, 0.717) is 18.2 Å². The average Bonchev–Trinajstić information content (AvgIpc) is 3.12. The molecule has 2 heterocycles. The number of pyridine rings is 1. The van der Waals surface area contributed by atoms with Crippen molar-refractivity contribution in [2.75, 3.05) is 0 Å². The fourth-order valence-electron chi connectivity index (χ4n) is 3.01. The van der Waals surface area contributed by atoms with Crippen molar-refractivity contribution >= 4 is 5.91 Å². The fraction of sp³-hybridized carbons (Fsp3) is 0.273. The largest absolute Gasteiger partial charge is 0.454 e. The minimum Gasteiger partial charge on any atom is -0.454 e. The lowest BCUT2D eigenvalue weighted by atomic mass is 9.97. The highest BCUT2D eigenvalue weighted by Crippen LogP contribution is 2.22. The molecule has 0 radical (unpaired) electrons. The molecular weight excluding hydrogens is 340 g/mol. The van der Waals surface area contributed by atoms with Crippen LogP contribution in [0.3, 0.4) is 0 Å². The predicted octanol–water partition coefficient (Wildman–Crippen LogP) is 4.01. The van der Waals surface area contributed by atoms with Crippen LogP contribution >= 0.6 is 0 Å². The molecule has 0 aliphatic rings. The van der Waals surface area contributed by atoms with Gasteiger partial charge in [0.05, 0.1) is 12.6 Å². The summed E-state index contributed by atoms with van der Waals surface area (Å²) >= 11 is 0. The summed E-state index contributed by atoms with van der Waals surface area (Å²) < 4.78 is 7.21. The highest BCUT2D eigenvalue weighted by atomic mass is 16.4. The molecule has 1 aromatic carbocycles. The van der Waals surface area contributed by atoms with Gasteiger partial charge in [-0.25, -0.2) is 0 Å². The third-order valence-corrected chi connectivity index (χ3v) is 4.32. The Bertz CT molecular complexity index is 941. The average molecular weight is 364 g/mol. The molecule has 0 aliphatic heterocycles. The SMILES string of the molecule is CC(C)CC(NC(=O)c1ccc(Cn2ccccc2=O)o1)c1ccccc1. The number of furan rings is 1. The van der Waals surface area contributed by atoms with Crippen molar-refractivity contribution in [1.29, 1.82) is 0 Å². The smallest absolute Gasteiger partial charge is 0.287 e. The van der Waals surface area contributed by atoms with Gasteiger partial charge in [0.2, 0.25) is 0 Å². The van der Waals surface area contributed by atoms with Gasteiger partial charge in [0.25, 0.3) is 11.5 Å². The van der Waals surface area contributed by atoms with Crippen molar-refractivity contribution in [3.05, 3.63) is 94.3 Å². The first-order chi connectivity index (χ1) is 13.0. The molecular formula is C22H24N2O3. The van der Waals surface area contributed by atoms with Crippen LogP contribution in [0.4, 0.5) is 0 Å². The quantitative estimate of drug-likeness (QED) is 0.689. The minimum atomic E-state index is -0.254. The molecule has 1 atom stereocenters. The summed E-state index contributed by atoms with van der Waals surface area (Å²) in [6, 6.07) is 18.2. The molecule has 0 saturated carbocycles. The lowest BCUT2D eigenvalue weighted by Gasteiger charge is -2.20. The Morgan fingerprint density at radius 1 is 1.04 bits per heavy atom. The maximum atomic E-state index is 12.7. The van der Waals surface area contributed by atoms with Crippen molar-refractivity contribution in [3.8, 4) is 0 Å². The van der Waals surface area contributed by atoms with Crippen LogP contribution in [0.15, 0.2) is 76.1 Å². The summed E-state index contributed by atoms with van der Waals surface area (Å²) in [5.74, 6) is 0.996. The van der Waals surface area contributed by atoms with E-state index in [1.54, 1.807) is 30.5 Å². The standard InChI is InChI=1S/C22H24N2O3/c1-16(2)14-19(17-8-4-3-5-9-17)23-22(26)20-12-11-18(27-20)15-24-13-7-6-10-21(24)25/h3-13,16,19H,14-15H2,1-2H3,(H,23,26). The number of carbonyl (C=O) groups excluding carboxylic acids is 1. The highest BCUT2D eigenvalue weighted by molar-refractivity contribution is 5.91. The Balaban J connectivity index is 1.72. The molecule has 5 heteroatoms. The van der Waals surface area contributed by atoms with E-state index in [0.717, 1.165) is 12.0 Å². The third-order valence-electron chi connectivity index (χ3n) is 4.32. The Morgan fingerprint density at radius 3 is 2.48 bits per heavy atom. The molecule has 3 rings (SSSR count). The van der Waals surface area contributed by atoms with Gasteiger partial charge < -0.3 is 14.3 Å². The second kappa shape index (κ2) is 8.54. The molecule has 5 nitrogen and oxygen atoms in total. The van der Waals surface area contributed by atoms with Crippen LogP contribution in [0, 0.1) is 5.92 Å². The lowest BCUT2D eigenvalue weighted by Crippen LogP contribution is -2.29. The number of amides is 1. The number of nitrogens with one attached hydrogen (secondary N) is 1. The van der Waals surface area contributed by atoms with E-state index in [2.05, 4.69) is 19.2 Å². The zero-order chi connectivity index (χ0) is 19.2. The van der Waals surface area contributed by atoms with Crippen LogP contribution in [0.5, 0.6) is 0 Å². The number of rotatable bonds is 7. The first kappa shape index (κ1) is 18.7. The molecule has 0 fully saturated rings. The summed E-state index contributed by atoms with van der Waals surface area (Å²) in [4.78, 5) is 24.5. The topological polar surface area (TPSA) is 64.2 Å². The van der Waals surface area contributed by atoms with E-state index < -0.39 is 0 Å². The van der Waals surface area contributed by atoms with E-state index in [9.17, 15) is 9.59 Å². The van der Waals surface area contributed by atoms with Gasteiger partial charge in [0.15, 0.2) is 5.76 Å². The van der Waals surface area contributed by atoms with Gasteiger partial charge >= 0.3 is 0 Å². The summed E-state index contributed by atoms with van der Waals surface area (Å²) in [5, 5.41) is 3.07. The maximum Gasteiger partial charge on any atom is 0.287 e. The maximum absolute atomic E-state index is 12.7. The second-order valence-electron chi connectivity index (χ2n) is 7.00. The number of hydrogen-bond acceptors (Lipinski definition) is 3. The normalized spacial score (nSPS) is 12.1. The van der Waals surface area contributed by atoms with Gasteiger partial charge in [0, 0.05) is 12.3 Å². The zero-order valence-electron chi connectivity index (χ0n) is 15.6. The molecule has 140 valence electrons. The van der Waals surface area contributed by atoms with Gasteiger partial charge in [-0.1, -0.05) is 50.2 Å². The van der Waals surface area contributed by atoms with Crippen molar-refractivity contribution in [2.24, 2.45) is 5.92 Å². The van der Waals surface area contributed by atoms with Crippen molar-refractivity contribution in [3.63, 3.8) is 0 Å². The third kappa shape index (κ3) is 4.97. The van der Waals surface area contributed by atoms with Crippen LogP contribution in [0.2, 0.25) is 0 Å². The van der Waals surface area contributed by atoms with Crippen molar-refractivity contribution < 1.29 is 9.21 Å². The number of carbonyl (C=O) groups is 1. The molecule has 1 unspecified atom stereocenters. The van der Waals surface area contributed by atoms with E-state index in [4.69, 9.17) is 4.42 Å². The molecule has 27 heavy (non-hydrogen) atoms. The number of hydrogen-bond donors (Lipinski definition) is 1. The summed E-state index contributed by atoms with van der Waals surface area (Å²) in [6.45, 7) is 4.55. The van der Waals surface area contributed by atoms with Gasteiger partial charge in [0.1, 0.15) is 5.76 Å². The minimum absolute atomic E-state index is 0.0796. The first-order valence-electron chi connectivity index (χ1n) is 9.13. The van der Waals surface area contributed by atoms with Crippen molar-refractivity contribution in [2.45, 2.75) is 32.9 Å². The molecule has 0 bridgehead atoms. The summed E-state index contributed by atoms with van der Waals surface area (Å²) in [7, 11) is 0. The summed E-state index contributed by atoms with van der Waals surface area (Å²) in [6.07, 6.45) is 2.53. The van der Waals surface area contributed by atoms with Gasteiger partial charge in [-0.15, -0.1) is 0 Å². The number of benzene rings is 1. The first-order valence-corrected chi connectivity index (χ1v) is 9.13. The Hall–Kier alpha value is -3.08.